The van der Waals surface area contributed by atoms with E-state index in [4.69, 9.17) is 0 Å². The highest BCUT2D eigenvalue weighted by atomic mass is 16.2. The molecule has 0 spiro atoms. The number of rotatable bonds is 1. The van der Waals surface area contributed by atoms with E-state index in [2.05, 4.69) is 0 Å². The van der Waals surface area contributed by atoms with E-state index in [1.165, 1.54) is 0 Å². The van der Waals surface area contributed by atoms with Crippen LogP contribution in [-0.4, -0.2) is 35.7 Å². The smallest absolute Gasteiger partial charge is 0.242 e. The fourth-order valence-electron chi connectivity index (χ4n) is 2.67. The number of hydrogen-bond acceptors (Lipinski definition) is 2. The van der Waals surface area contributed by atoms with Crippen molar-refractivity contribution in [3.8, 4) is 0 Å². The van der Waals surface area contributed by atoms with E-state index in [1.54, 1.807) is 37.7 Å². The lowest BCUT2D eigenvalue weighted by molar-refractivity contribution is -0.157. The molecular formula is C16H20N2O2. The Balaban J connectivity index is 2.57. The van der Waals surface area contributed by atoms with Gasteiger partial charge in [-0.25, -0.2) is 0 Å². The Morgan fingerprint density at radius 3 is 1.85 bits per heavy atom. The van der Waals surface area contributed by atoms with Gasteiger partial charge in [0, 0.05) is 14.1 Å². The molecule has 0 unspecified atom stereocenters. The van der Waals surface area contributed by atoms with Crippen LogP contribution in [0.15, 0.2) is 36.2 Å². The maximum absolute atomic E-state index is 12.4. The third kappa shape index (κ3) is 2.01. The van der Waals surface area contributed by atoms with Gasteiger partial charge >= 0.3 is 0 Å². The van der Waals surface area contributed by atoms with Gasteiger partial charge < -0.3 is 9.80 Å². The summed E-state index contributed by atoms with van der Waals surface area (Å²) in [6, 6.07) is 9.76. The molecule has 20 heavy (non-hydrogen) atoms. The summed E-state index contributed by atoms with van der Waals surface area (Å²) >= 11 is 0. The van der Waals surface area contributed by atoms with Crippen LogP contribution in [0.4, 0.5) is 0 Å². The Kier molecular flexibility index (Phi) is 3.42. The van der Waals surface area contributed by atoms with Crippen LogP contribution in [0.3, 0.4) is 0 Å². The molecule has 1 aromatic carbocycles. The topological polar surface area (TPSA) is 40.6 Å². The van der Waals surface area contributed by atoms with E-state index in [1.807, 2.05) is 37.3 Å². The number of amides is 2. The van der Waals surface area contributed by atoms with Crippen LogP contribution < -0.4 is 0 Å². The van der Waals surface area contributed by atoms with Gasteiger partial charge in [-0.1, -0.05) is 30.3 Å². The largest absolute Gasteiger partial charge is 0.300 e. The second kappa shape index (κ2) is 4.78. The minimum Gasteiger partial charge on any atom is -0.300 e. The summed E-state index contributed by atoms with van der Waals surface area (Å²) in [6.07, 6.45) is 0. The highest BCUT2D eigenvalue weighted by molar-refractivity contribution is 6.08. The molecule has 4 heteroatoms. The summed E-state index contributed by atoms with van der Waals surface area (Å²) < 4.78 is 0. The molecule has 0 atom stereocenters. The second-order valence-electron chi connectivity index (χ2n) is 5.67. The van der Waals surface area contributed by atoms with E-state index in [-0.39, 0.29) is 11.8 Å². The van der Waals surface area contributed by atoms with Gasteiger partial charge in [0.05, 0.1) is 0 Å². The number of carbonyl (C=O) groups is 2. The summed E-state index contributed by atoms with van der Waals surface area (Å²) in [4.78, 5) is 27.9. The molecule has 4 nitrogen and oxygen atoms in total. The summed E-state index contributed by atoms with van der Waals surface area (Å²) in [6.45, 7) is 5.26. The predicted molar refractivity (Wildman–Crippen MR) is 78.4 cm³/mol. The van der Waals surface area contributed by atoms with Crippen LogP contribution in [0.5, 0.6) is 0 Å². The lowest BCUT2D eigenvalue weighted by atomic mass is 9.87. The fourth-order valence-corrected chi connectivity index (χ4v) is 2.67. The van der Waals surface area contributed by atoms with Crippen molar-refractivity contribution in [1.82, 2.24) is 9.80 Å². The molecule has 1 heterocycles. The van der Waals surface area contributed by atoms with Gasteiger partial charge in [0.1, 0.15) is 11.2 Å². The van der Waals surface area contributed by atoms with Crippen LogP contribution >= 0.6 is 0 Å². The summed E-state index contributed by atoms with van der Waals surface area (Å²) in [5, 5.41) is 0. The van der Waals surface area contributed by atoms with Crippen molar-refractivity contribution in [2.24, 2.45) is 5.41 Å². The zero-order valence-electron chi connectivity index (χ0n) is 12.6. The quantitative estimate of drug-likeness (QED) is 0.736. The molecule has 1 aliphatic heterocycles. The van der Waals surface area contributed by atoms with Crippen molar-refractivity contribution in [1.29, 1.82) is 0 Å². The first-order valence-corrected chi connectivity index (χ1v) is 6.61. The maximum Gasteiger partial charge on any atom is 0.242 e. The Labute approximate surface area is 119 Å². The SMILES string of the molecule is CC(=C1N(C)C(=O)C(C)(C)C(=O)N1C)c1ccccc1. The standard InChI is InChI=1S/C16H20N2O2/c1-11(12-9-7-6-8-10-12)13-17(4)14(19)16(2,3)15(20)18(13)5/h6-10H,1-5H3. The van der Waals surface area contributed by atoms with Gasteiger partial charge in [0.15, 0.2) is 0 Å². The number of nitrogens with zero attached hydrogens (tertiary/aromatic N) is 2. The molecule has 1 fully saturated rings. The van der Waals surface area contributed by atoms with Crippen molar-refractivity contribution >= 4 is 17.4 Å². The van der Waals surface area contributed by atoms with Gasteiger partial charge in [-0.15, -0.1) is 0 Å². The third-order valence-electron chi connectivity index (χ3n) is 3.86. The molecule has 0 aromatic heterocycles. The van der Waals surface area contributed by atoms with Crippen LogP contribution in [0.25, 0.3) is 5.57 Å². The van der Waals surface area contributed by atoms with Crippen molar-refractivity contribution in [2.75, 3.05) is 14.1 Å². The predicted octanol–water partition coefficient (Wildman–Crippen LogP) is 2.33. The minimum atomic E-state index is -1.01. The number of allylic oxidation sites excluding steroid dienone is 1. The molecule has 2 rings (SSSR count). The van der Waals surface area contributed by atoms with Gasteiger partial charge in [0.25, 0.3) is 0 Å². The number of hydrogen-bond donors (Lipinski definition) is 0. The molecule has 0 bridgehead atoms. The van der Waals surface area contributed by atoms with Gasteiger partial charge in [-0.2, -0.15) is 0 Å². The second-order valence-corrected chi connectivity index (χ2v) is 5.67. The first-order chi connectivity index (χ1) is 9.28. The van der Waals surface area contributed by atoms with Crippen LogP contribution in [0, 0.1) is 5.41 Å². The van der Waals surface area contributed by atoms with E-state index in [0.29, 0.717) is 5.82 Å². The summed E-state index contributed by atoms with van der Waals surface area (Å²) in [5.41, 5.74) is 0.901. The first kappa shape index (κ1) is 14.3. The molecule has 0 radical (unpaired) electrons. The molecule has 1 saturated heterocycles. The molecule has 0 aliphatic carbocycles. The van der Waals surface area contributed by atoms with Crippen molar-refractivity contribution < 1.29 is 9.59 Å². The molecule has 106 valence electrons. The Morgan fingerprint density at radius 1 is 0.950 bits per heavy atom. The maximum atomic E-state index is 12.4. The fraction of sp³-hybridized carbons (Fsp3) is 0.375. The summed E-state index contributed by atoms with van der Waals surface area (Å²) in [5.74, 6) is 0.294. The van der Waals surface area contributed by atoms with Gasteiger partial charge in [0.2, 0.25) is 11.8 Å². The van der Waals surface area contributed by atoms with E-state index >= 15 is 0 Å². The minimum absolute atomic E-state index is 0.175. The molecule has 2 amide bonds. The molecule has 0 saturated carbocycles. The molecule has 1 aliphatic rings. The van der Waals surface area contributed by atoms with Crippen molar-refractivity contribution in [2.45, 2.75) is 20.8 Å². The lowest BCUT2D eigenvalue weighted by Crippen LogP contribution is -2.56. The summed E-state index contributed by atoms with van der Waals surface area (Å²) in [7, 11) is 3.43. The lowest BCUT2D eigenvalue weighted by Gasteiger charge is -2.42. The number of benzene rings is 1. The molecule has 1 aromatic rings. The van der Waals surface area contributed by atoms with Crippen LogP contribution in [-0.2, 0) is 9.59 Å². The van der Waals surface area contributed by atoms with Crippen molar-refractivity contribution in [3.05, 3.63) is 41.7 Å². The van der Waals surface area contributed by atoms with Crippen LogP contribution in [0.1, 0.15) is 26.3 Å². The highest BCUT2D eigenvalue weighted by Crippen LogP contribution is 2.34. The Morgan fingerprint density at radius 2 is 1.40 bits per heavy atom. The van der Waals surface area contributed by atoms with Crippen molar-refractivity contribution in [3.63, 3.8) is 0 Å². The van der Waals surface area contributed by atoms with E-state index in [9.17, 15) is 9.59 Å². The molecular weight excluding hydrogens is 252 g/mol. The van der Waals surface area contributed by atoms with Gasteiger partial charge in [-0.05, 0) is 31.9 Å². The van der Waals surface area contributed by atoms with E-state index in [0.717, 1.165) is 11.1 Å². The highest BCUT2D eigenvalue weighted by Gasteiger charge is 2.47. The van der Waals surface area contributed by atoms with Gasteiger partial charge in [-0.3, -0.25) is 9.59 Å². The third-order valence-corrected chi connectivity index (χ3v) is 3.86. The Bertz CT molecular complexity index is 562. The average molecular weight is 272 g/mol. The zero-order chi connectivity index (χ0) is 15.1. The normalized spacial score (nSPS) is 18.6. The average Bonchev–Trinajstić information content (AvgIpc) is 2.44. The number of carbonyl (C=O) groups excluding carboxylic acids is 2. The van der Waals surface area contributed by atoms with Crippen LogP contribution in [0.2, 0.25) is 0 Å². The first-order valence-electron chi connectivity index (χ1n) is 6.61. The van der Waals surface area contributed by atoms with E-state index < -0.39 is 5.41 Å². The Hall–Kier alpha value is -2.10. The zero-order valence-corrected chi connectivity index (χ0v) is 12.6. The molecule has 0 N–H and O–H groups in total. The monoisotopic (exact) mass is 272 g/mol.